The smallest absolute Gasteiger partial charge is 0.269 e. The molecule has 1 rings (SSSR count). The van der Waals surface area contributed by atoms with E-state index in [1.807, 2.05) is 13.1 Å². The van der Waals surface area contributed by atoms with Crippen LogP contribution in [-0.2, 0) is 0 Å². The lowest BCUT2D eigenvalue weighted by Crippen LogP contribution is -2.22. The minimum absolute atomic E-state index is 0.175. The zero-order chi connectivity index (χ0) is 13.4. The summed E-state index contributed by atoms with van der Waals surface area (Å²) in [5.41, 5.74) is 1.41. The van der Waals surface area contributed by atoms with Crippen molar-refractivity contribution in [3.63, 3.8) is 0 Å². The van der Waals surface area contributed by atoms with E-state index in [2.05, 4.69) is 15.2 Å². The maximum absolute atomic E-state index is 11.5. The Balaban J connectivity index is 2.57. The number of aliphatic hydroxyl groups excluding tert-OH is 1. The Labute approximate surface area is 108 Å². The van der Waals surface area contributed by atoms with E-state index < -0.39 is 0 Å². The summed E-state index contributed by atoms with van der Waals surface area (Å²) in [6.07, 6.45) is 4.51. The average Bonchev–Trinajstić information content (AvgIpc) is 2.42. The molecular formula is C13H21N3O2. The molecule has 0 aliphatic heterocycles. The highest BCUT2D eigenvalue weighted by atomic mass is 16.2. The molecule has 0 atom stereocenters. The molecule has 0 saturated heterocycles. The van der Waals surface area contributed by atoms with Crippen LogP contribution in [0.5, 0.6) is 0 Å². The van der Waals surface area contributed by atoms with E-state index in [0.29, 0.717) is 5.69 Å². The minimum atomic E-state index is -0.175. The molecule has 1 heterocycles. The molecule has 18 heavy (non-hydrogen) atoms. The highest BCUT2D eigenvalue weighted by Crippen LogP contribution is 2.13. The lowest BCUT2D eigenvalue weighted by Gasteiger charge is -2.19. The van der Waals surface area contributed by atoms with E-state index in [9.17, 15) is 4.79 Å². The van der Waals surface area contributed by atoms with Gasteiger partial charge in [-0.2, -0.15) is 0 Å². The standard InChI is InChI=1S/C13H21N3O2/c1-14-13(18)12-10-11(6-7-15-12)16(2)8-4-3-5-9-17/h6-7,10,17H,3-5,8-9H2,1-2H3,(H,14,18). The molecule has 0 aliphatic rings. The van der Waals surface area contributed by atoms with Gasteiger partial charge >= 0.3 is 0 Å². The van der Waals surface area contributed by atoms with E-state index in [1.54, 1.807) is 19.3 Å². The molecule has 5 heteroatoms. The SMILES string of the molecule is CNC(=O)c1cc(N(C)CCCCCO)ccn1. The average molecular weight is 251 g/mol. The summed E-state index contributed by atoms with van der Waals surface area (Å²) in [5, 5.41) is 11.3. The third-order valence-corrected chi connectivity index (χ3v) is 2.80. The molecule has 0 radical (unpaired) electrons. The van der Waals surface area contributed by atoms with E-state index >= 15 is 0 Å². The van der Waals surface area contributed by atoms with Crippen molar-refractivity contribution in [1.82, 2.24) is 10.3 Å². The fourth-order valence-corrected chi connectivity index (χ4v) is 1.68. The molecule has 2 N–H and O–H groups in total. The number of pyridine rings is 1. The van der Waals surface area contributed by atoms with Gasteiger partial charge in [-0.1, -0.05) is 0 Å². The molecule has 100 valence electrons. The molecule has 0 unspecified atom stereocenters. The third kappa shape index (κ3) is 4.33. The quantitative estimate of drug-likeness (QED) is 0.711. The molecule has 0 bridgehead atoms. The van der Waals surface area contributed by atoms with Gasteiger partial charge in [0.15, 0.2) is 0 Å². The lowest BCUT2D eigenvalue weighted by atomic mass is 10.2. The van der Waals surface area contributed by atoms with Crippen LogP contribution in [0.15, 0.2) is 18.3 Å². The second kappa shape index (κ2) is 7.66. The molecule has 0 saturated carbocycles. The topological polar surface area (TPSA) is 65.5 Å². The van der Waals surface area contributed by atoms with E-state index in [4.69, 9.17) is 5.11 Å². The number of hydrogen-bond acceptors (Lipinski definition) is 4. The van der Waals surface area contributed by atoms with Gasteiger partial charge in [-0.15, -0.1) is 0 Å². The second-order valence-electron chi connectivity index (χ2n) is 4.18. The highest BCUT2D eigenvalue weighted by molar-refractivity contribution is 5.92. The van der Waals surface area contributed by atoms with Gasteiger partial charge in [0.25, 0.3) is 5.91 Å². The van der Waals surface area contributed by atoms with Gasteiger partial charge < -0.3 is 15.3 Å². The van der Waals surface area contributed by atoms with Crippen LogP contribution >= 0.6 is 0 Å². The first-order valence-electron chi connectivity index (χ1n) is 6.19. The number of nitrogens with zero attached hydrogens (tertiary/aromatic N) is 2. The fraction of sp³-hybridized carbons (Fsp3) is 0.538. The van der Waals surface area contributed by atoms with Crippen LogP contribution in [0.2, 0.25) is 0 Å². The maximum atomic E-state index is 11.5. The van der Waals surface area contributed by atoms with Crippen LogP contribution < -0.4 is 10.2 Å². The van der Waals surface area contributed by atoms with Gasteiger partial charge in [0.2, 0.25) is 0 Å². The van der Waals surface area contributed by atoms with Gasteiger partial charge in [0, 0.05) is 39.1 Å². The lowest BCUT2D eigenvalue weighted by molar-refractivity contribution is 0.0958. The zero-order valence-electron chi connectivity index (χ0n) is 11.0. The predicted octanol–water partition coefficient (Wildman–Crippen LogP) is 1.04. The van der Waals surface area contributed by atoms with Gasteiger partial charge in [0.05, 0.1) is 0 Å². The number of aromatic nitrogens is 1. The largest absolute Gasteiger partial charge is 0.396 e. The van der Waals surface area contributed by atoms with Crippen molar-refractivity contribution in [2.45, 2.75) is 19.3 Å². The van der Waals surface area contributed by atoms with Gasteiger partial charge in [-0.3, -0.25) is 9.78 Å². The Morgan fingerprint density at radius 2 is 2.22 bits per heavy atom. The zero-order valence-corrected chi connectivity index (χ0v) is 11.0. The van der Waals surface area contributed by atoms with Crippen LogP contribution in [0.4, 0.5) is 5.69 Å². The number of rotatable bonds is 7. The van der Waals surface area contributed by atoms with Crippen LogP contribution in [0, 0.1) is 0 Å². The molecule has 0 fully saturated rings. The number of unbranched alkanes of at least 4 members (excludes halogenated alkanes) is 2. The summed E-state index contributed by atoms with van der Waals surface area (Å²) in [6, 6.07) is 3.67. The number of amides is 1. The molecule has 0 aliphatic carbocycles. The van der Waals surface area contributed by atoms with E-state index in [-0.39, 0.29) is 12.5 Å². The Kier molecular flexibility index (Phi) is 6.14. The van der Waals surface area contributed by atoms with Crippen molar-refractivity contribution in [1.29, 1.82) is 0 Å². The van der Waals surface area contributed by atoms with Crippen LogP contribution in [0.1, 0.15) is 29.8 Å². The van der Waals surface area contributed by atoms with Gasteiger partial charge in [0.1, 0.15) is 5.69 Å². The third-order valence-electron chi connectivity index (χ3n) is 2.80. The number of carbonyl (C=O) groups is 1. The van der Waals surface area contributed by atoms with Crippen molar-refractivity contribution in [3.8, 4) is 0 Å². The van der Waals surface area contributed by atoms with E-state index in [1.165, 1.54) is 0 Å². The summed E-state index contributed by atoms with van der Waals surface area (Å²) < 4.78 is 0. The van der Waals surface area contributed by atoms with Crippen LogP contribution in [0.25, 0.3) is 0 Å². The minimum Gasteiger partial charge on any atom is -0.396 e. The number of hydrogen-bond donors (Lipinski definition) is 2. The first-order valence-corrected chi connectivity index (χ1v) is 6.19. The van der Waals surface area contributed by atoms with E-state index in [0.717, 1.165) is 31.5 Å². The first-order chi connectivity index (χ1) is 8.69. The summed E-state index contributed by atoms with van der Waals surface area (Å²) in [7, 11) is 3.58. The highest BCUT2D eigenvalue weighted by Gasteiger charge is 2.07. The number of aliphatic hydroxyl groups is 1. The summed E-state index contributed by atoms with van der Waals surface area (Å²) >= 11 is 0. The Morgan fingerprint density at radius 3 is 2.89 bits per heavy atom. The Morgan fingerprint density at radius 1 is 1.44 bits per heavy atom. The fourth-order valence-electron chi connectivity index (χ4n) is 1.68. The van der Waals surface area contributed by atoms with Crippen LogP contribution in [-0.4, -0.2) is 43.2 Å². The predicted molar refractivity (Wildman–Crippen MR) is 71.8 cm³/mol. The summed E-state index contributed by atoms with van der Waals surface area (Å²) in [4.78, 5) is 17.6. The van der Waals surface area contributed by atoms with Crippen molar-refractivity contribution in [2.75, 3.05) is 32.1 Å². The molecule has 1 aromatic rings. The summed E-state index contributed by atoms with van der Waals surface area (Å²) in [6.45, 7) is 1.15. The second-order valence-corrected chi connectivity index (χ2v) is 4.18. The van der Waals surface area contributed by atoms with Crippen molar-refractivity contribution in [3.05, 3.63) is 24.0 Å². The van der Waals surface area contributed by atoms with Crippen molar-refractivity contribution in [2.24, 2.45) is 0 Å². The Hall–Kier alpha value is -1.62. The monoisotopic (exact) mass is 251 g/mol. The maximum Gasteiger partial charge on any atom is 0.269 e. The molecule has 0 aromatic carbocycles. The van der Waals surface area contributed by atoms with Gasteiger partial charge in [-0.25, -0.2) is 0 Å². The summed E-state index contributed by atoms with van der Waals surface area (Å²) in [5.74, 6) is -0.175. The van der Waals surface area contributed by atoms with Gasteiger partial charge in [-0.05, 0) is 31.4 Å². The number of anilines is 1. The number of carbonyl (C=O) groups excluding carboxylic acids is 1. The van der Waals surface area contributed by atoms with Crippen molar-refractivity contribution < 1.29 is 9.90 Å². The van der Waals surface area contributed by atoms with Crippen molar-refractivity contribution >= 4 is 11.6 Å². The normalized spacial score (nSPS) is 10.2. The molecule has 5 nitrogen and oxygen atoms in total. The molecular weight excluding hydrogens is 230 g/mol. The molecule has 0 spiro atoms. The molecule has 1 amide bonds. The Bertz CT molecular complexity index is 382. The molecule has 1 aromatic heterocycles. The number of nitrogens with one attached hydrogen (secondary N) is 1. The van der Waals surface area contributed by atoms with Crippen LogP contribution in [0.3, 0.4) is 0 Å². The first kappa shape index (κ1) is 14.4.